The normalized spacial score (nSPS) is 28.8. The van der Waals surface area contributed by atoms with E-state index in [4.69, 9.17) is 4.74 Å². The van der Waals surface area contributed by atoms with Crippen LogP contribution >= 0.6 is 0 Å². The van der Waals surface area contributed by atoms with Gasteiger partial charge in [-0.25, -0.2) is 4.79 Å². The second-order valence-electron chi connectivity index (χ2n) is 4.91. The largest absolute Gasteiger partial charge is 0.423 e. The first-order valence-corrected chi connectivity index (χ1v) is 5.67. The van der Waals surface area contributed by atoms with E-state index < -0.39 is 11.6 Å². The molecule has 0 aromatic heterocycles. The summed E-state index contributed by atoms with van der Waals surface area (Å²) in [6, 6.07) is 0. The van der Waals surface area contributed by atoms with Crippen LogP contribution in [-0.2, 0) is 9.53 Å². The minimum Gasteiger partial charge on any atom is -0.423 e. The first-order chi connectivity index (χ1) is 7.67. The molecule has 94 valence electrons. The van der Waals surface area contributed by atoms with Gasteiger partial charge in [-0.3, -0.25) is 0 Å². The number of esters is 1. The van der Waals surface area contributed by atoms with Crippen LogP contribution in [-0.4, -0.2) is 16.7 Å². The van der Waals surface area contributed by atoms with Crippen LogP contribution < -0.4 is 0 Å². The lowest BCUT2D eigenvalue weighted by Gasteiger charge is -2.36. The maximum absolute atomic E-state index is 11.5. The Balaban J connectivity index is 3.06. The molecule has 1 N–H and O–H groups in total. The lowest BCUT2D eigenvalue weighted by Crippen LogP contribution is -2.37. The zero-order chi connectivity index (χ0) is 13.4. The molecule has 1 aliphatic rings. The Bertz CT molecular complexity index is 425. The molecular formula is C14H20O3. The molecule has 0 heterocycles. The van der Waals surface area contributed by atoms with E-state index in [1.807, 2.05) is 20.8 Å². The summed E-state index contributed by atoms with van der Waals surface area (Å²) in [6.45, 7) is 12.5. The Hall–Kier alpha value is -1.35. The van der Waals surface area contributed by atoms with E-state index in [9.17, 15) is 9.90 Å². The van der Waals surface area contributed by atoms with Crippen LogP contribution in [0.15, 0.2) is 35.1 Å². The van der Waals surface area contributed by atoms with Gasteiger partial charge in [0, 0.05) is 11.5 Å². The summed E-state index contributed by atoms with van der Waals surface area (Å²) in [5.41, 5.74) is 1.14. The van der Waals surface area contributed by atoms with Crippen molar-refractivity contribution in [2.24, 2.45) is 5.92 Å². The minimum absolute atomic E-state index is 0.0829. The zero-order valence-electron chi connectivity index (χ0n) is 11.1. The fourth-order valence-corrected chi connectivity index (χ4v) is 1.73. The minimum atomic E-state index is -0.886. The van der Waals surface area contributed by atoms with Crippen LogP contribution in [0.5, 0.6) is 0 Å². The number of hydrogen-bond acceptors (Lipinski definition) is 3. The van der Waals surface area contributed by atoms with Gasteiger partial charge in [0.15, 0.2) is 0 Å². The summed E-state index contributed by atoms with van der Waals surface area (Å²) in [5, 5.41) is 10.3. The Morgan fingerprint density at radius 1 is 1.53 bits per heavy atom. The third-order valence-electron chi connectivity index (χ3n) is 3.58. The second-order valence-corrected chi connectivity index (χ2v) is 4.91. The van der Waals surface area contributed by atoms with E-state index in [0.717, 1.165) is 11.1 Å². The monoisotopic (exact) mass is 236 g/mol. The molecule has 0 saturated carbocycles. The predicted octanol–water partition coefficient (Wildman–Crippen LogP) is 2.73. The number of carbonyl (C=O) groups excluding carboxylic acids is 1. The van der Waals surface area contributed by atoms with Gasteiger partial charge in [-0.15, -0.1) is 0 Å². The van der Waals surface area contributed by atoms with Crippen molar-refractivity contribution in [2.45, 2.75) is 40.2 Å². The topological polar surface area (TPSA) is 46.5 Å². The number of aliphatic hydroxyl groups is 1. The third-order valence-corrected chi connectivity index (χ3v) is 3.58. The Kier molecular flexibility index (Phi) is 3.62. The van der Waals surface area contributed by atoms with Crippen LogP contribution in [0.1, 0.15) is 34.6 Å². The van der Waals surface area contributed by atoms with Crippen molar-refractivity contribution in [3.05, 3.63) is 35.1 Å². The van der Waals surface area contributed by atoms with Crippen molar-refractivity contribution in [1.82, 2.24) is 0 Å². The van der Waals surface area contributed by atoms with Crippen molar-refractivity contribution >= 4 is 5.97 Å². The summed E-state index contributed by atoms with van der Waals surface area (Å²) >= 11 is 0. The quantitative estimate of drug-likeness (QED) is 0.592. The molecule has 2 unspecified atom stereocenters. The molecule has 0 aliphatic heterocycles. The van der Waals surface area contributed by atoms with Gasteiger partial charge in [-0.1, -0.05) is 13.5 Å². The molecule has 3 heteroatoms. The summed E-state index contributed by atoms with van der Waals surface area (Å²) in [4.78, 5) is 11.5. The molecule has 3 nitrogen and oxygen atoms in total. The van der Waals surface area contributed by atoms with E-state index in [1.54, 1.807) is 19.9 Å². The van der Waals surface area contributed by atoms with Crippen LogP contribution in [0, 0.1) is 5.92 Å². The summed E-state index contributed by atoms with van der Waals surface area (Å²) < 4.78 is 5.25. The van der Waals surface area contributed by atoms with Gasteiger partial charge in [0.25, 0.3) is 0 Å². The van der Waals surface area contributed by atoms with Crippen LogP contribution in [0.3, 0.4) is 0 Å². The van der Waals surface area contributed by atoms with Crippen LogP contribution in [0.4, 0.5) is 0 Å². The van der Waals surface area contributed by atoms with Gasteiger partial charge in [0.05, 0.1) is 5.60 Å². The highest BCUT2D eigenvalue weighted by Gasteiger charge is 2.36. The van der Waals surface area contributed by atoms with E-state index in [-0.39, 0.29) is 5.92 Å². The van der Waals surface area contributed by atoms with Crippen molar-refractivity contribution in [3.8, 4) is 0 Å². The van der Waals surface area contributed by atoms with Crippen molar-refractivity contribution < 1.29 is 14.6 Å². The molecule has 0 aromatic carbocycles. The van der Waals surface area contributed by atoms with Crippen molar-refractivity contribution in [1.29, 1.82) is 0 Å². The Morgan fingerprint density at radius 3 is 2.53 bits per heavy atom. The first-order valence-electron chi connectivity index (χ1n) is 5.67. The Labute approximate surface area is 102 Å². The lowest BCUT2D eigenvalue weighted by atomic mass is 9.76. The second kappa shape index (κ2) is 4.49. The number of rotatable bonds is 2. The van der Waals surface area contributed by atoms with E-state index in [1.165, 1.54) is 0 Å². The lowest BCUT2D eigenvalue weighted by molar-refractivity contribution is -0.134. The first kappa shape index (κ1) is 13.7. The Morgan fingerprint density at radius 2 is 2.06 bits per heavy atom. The molecule has 0 saturated heterocycles. The summed E-state index contributed by atoms with van der Waals surface area (Å²) in [7, 11) is 0. The van der Waals surface area contributed by atoms with Crippen LogP contribution in [0.25, 0.3) is 0 Å². The highest BCUT2D eigenvalue weighted by Crippen LogP contribution is 2.37. The van der Waals surface area contributed by atoms with Crippen LogP contribution in [0.2, 0.25) is 0 Å². The maximum Gasteiger partial charge on any atom is 0.338 e. The third kappa shape index (κ3) is 2.50. The number of ether oxygens (including phenoxy) is 1. The average molecular weight is 236 g/mol. The molecule has 17 heavy (non-hydrogen) atoms. The van der Waals surface area contributed by atoms with Gasteiger partial charge in [0.2, 0.25) is 0 Å². The standard InChI is InChI=1S/C14H20O3/c1-8(2)13(15)17-12-7-9(3)14(6,16)11(5)10(12)4/h7,11,16H,1H2,2-6H3. The van der Waals surface area contributed by atoms with Gasteiger partial charge in [0.1, 0.15) is 5.76 Å². The molecule has 0 bridgehead atoms. The molecule has 0 spiro atoms. The van der Waals surface area contributed by atoms with Crippen molar-refractivity contribution in [2.75, 3.05) is 0 Å². The fourth-order valence-electron chi connectivity index (χ4n) is 1.73. The average Bonchev–Trinajstić information content (AvgIpc) is 2.23. The molecule has 1 rings (SSSR count). The molecule has 0 fully saturated rings. The van der Waals surface area contributed by atoms with Crippen molar-refractivity contribution in [3.63, 3.8) is 0 Å². The fraction of sp³-hybridized carbons (Fsp3) is 0.500. The van der Waals surface area contributed by atoms with E-state index in [2.05, 4.69) is 6.58 Å². The molecule has 0 radical (unpaired) electrons. The van der Waals surface area contributed by atoms with E-state index >= 15 is 0 Å². The summed E-state index contributed by atoms with van der Waals surface area (Å²) in [5.74, 6) is 0.00656. The SMILES string of the molecule is C=C(C)C(=O)OC1=C(C)C(C)C(C)(O)C(C)=C1. The van der Waals surface area contributed by atoms with Gasteiger partial charge in [-0.2, -0.15) is 0 Å². The van der Waals surface area contributed by atoms with Gasteiger partial charge < -0.3 is 9.84 Å². The zero-order valence-corrected chi connectivity index (χ0v) is 11.1. The van der Waals surface area contributed by atoms with Gasteiger partial charge in [-0.05, 0) is 44.9 Å². The molecule has 0 amide bonds. The molecule has 0 aromatic rings. The number of allylic oxidation sites excluding steroid dienone is 1. The maximum atomic E-state index is 11.5. The summed E-state index contributed by atoms with van der Waals surface area (Å²) in [6.07, 6.45) is 1.72. The molecule has 1 aliphatic carbocycles. The highest BCUT2D eigenvalue weighted by atomic mass is 16.5. The van der Waals surface area contributed by atoms with Gasteiger partial charge >= 0.3 is 5.97 Å². The molecule has 2 atom stereocenters. The number of hydrogen-bond donors (Lipinski definition) is 1. The number of carbonyl (C=O) groups is 1. The highest BCUT2D eigenvalue weighted by molar-refractivity contribution is 5.88. The molecular weight excluding hydrogens is 216 g/mol. The smallest absolute Gasteiger partial charge is 0.338 e. The predicted molar refractivity (Wildman–Crippen MR) is 67.2 cm³/mol. The van der Waals surface area contributed by atoms with E-state index in [0.29, 0.717) is 11.3 Å².